The average molecular weight is 382 g/mol. The Hall–Kier alpha value is -1.39. The number of ether oxygens (including phenoxy) is 2. The van der Waals surface area contributed by atoms with E-state index < -0.39 is 0 Å². The third kappa shape index (κ3) is 2.28. The molecule has 1 aromatic rings. The molecule has 1 spiro atoms. The molecule has 0 unspecified atom stereocenters. The number of carbonyl (C=O) groups is 1. The minimum Gasteiger partial charge on any atom is -0.455 e. The van der Waals surface area contributed by atoms with Crippen LogP contribution in [0, 0.1) is 23.7 Å². The number of benzene rings is 1. The zero-order chi connectivity index (χ0) is 19.1. The van der Waals surface area contributed by atoms with Crippen LogP contribution in [0.5, 0.6) is 0 Å². The Kier molecular flexibility index (Phi) is 3.63. The topological polar surface area (TPSA) is 42.1 Å². The lowest BCUT2D eigenvalue weighted by atomic mass is 9.55. The summed E-state index contributed by atoms with van der Waals surface area (Å²) in [7, 11) is 0. The zero-order valence-corrected chi connectivity index (χ0v) is 17.0. The van der Waals surface area contributed by atoms with Crippen LogP contribution >= 0.6 is 0 Å². The molecule has 150 valence electrons. The number of hydrogen-bond acceptors (Lipinski definition) is 4. The number of rotatable bonds is 2. The van der Waals surface area contributed by atoms with Gasteiger partial charge in [0.2, 0.25) is 0 Å². The zero-order valence-electron chi connectivity index (χ0n) is 17.0. The van der Waals surface area contributed by atoms with Crippen molar-refractivity contribution in [1.29, 1.82) is 0 Å². The molecule has 0 amide bonds. The predicted molar refractivity (Wildman–Crippen MR) is 106 cm³/mol. The van der Waals surface area contributed by atoms with Crippen LogP contribution in [0.1, 0.15) is 50.7 Å². The van der Waals surface area contributed by atoms with Crippen LogP contribution in [0.2, 0.25) is 0 Å². The maximum absolute atomic E-state index is 13.2. The highest BCUT2D eigenvalue weighted by Crippen LogP contribution is 2.66. The smallest absolute Gasteiger partial charge is 0.311 e. The van der Waals surface area contributed by atoms with E-state index in [0.29, 0.717) is 17.8 Å². The van der Waals surface area contributed by atoms with Crippen molar-refractivity contribution < 1.29 is 14.3 Å². The minimum atomic E-state index is -0.347. The van der Waals surface area contributed by atoms with Gasteiger partial charge in [-0.3, -0.25) is 9.69 Å². The molecule has 3 aliphatic heterocycles. The van der Waals surface area contributed by atoms with Crippen LogP contribution in [0.3, 0.4) is 0 Å². The maximum atomic E-state index is 13.2. The van der Waals surface area contributed by atoms with Gasteiger partial charge >= 0.3 is 5.97 Å². The second-order valence-corrected chi connectivity index (χ2v) is 10.3. The van der Waals surface area contributed by atoms with E-state index in [0.717, 1.165) is 45.3 Å². The molecule has 4 nitrogen and oxygen atoms in total. The van der Waals surface area contributed by atoms with Crippen molar-refractivity contribution in [2.24, 2.45) is 23.7 Å². The molecule has 28 heavy (non-hydrogen) atoms. The maximum Gasteiger partial charge on any atom is 0.311 e. The number of esters is 1. The Bertz CT molecular complexity index is 824. The molecule has 2 aliphatic carbocycles. The fourth-order valence-corrected chi connectivity index (χ4v) is 7.25. The van der Waals surface area contributed by atoms with Crippen LogP contribution in [-0.4, -0.2) is 41.3 Å². The van der Waals surface area contributed by atoms with E-state index in [1.807, 2.05) is 0 Å². The van der Waals surface area contributed by atoms with Crippen LogP contribution in [0.4, 0.5) is 0 Å². The number of epoxide rings is 1. The van der Waals surface area contributed by atoms with Gasteiger partial charge < -0.3 is 9.47 Å². The summed E-state index contributed by atoms with van der Waals surface area (Å²) in [5.41, 5.74) is 2.48. The third-order valence-electron chi connectivity index (χ3n) is 8.76. The van der Waals surface area contributed by atoms with Crippen molar-refractivity contribution in [2.75, 3.05) is 13.1 Å². The second-order valence-electron chi connectivity index (χ2n) is 10.3. The summed E-state index contributed by atoms with van der Waals surface area (Å²) in [6.07, 6.45) is 5.79. The lowest BCUT2D eigenvalue weighted by Crippen LogP contribution is -2.58. The van der Waals surface area contributed by atoms with Gasteiger partial charge in [-0.05, 0) is 56.1 Å². The molecule has 3 heterocycles. The van der Waals surface area contributed by atoms with E-state index >= 15 is 0 Å². The van der Waals surface area contributed by atoms with Crippen molar-refractivity contribution in [2.45, 2.75) is 69.8 Å². The van der Waals surface area contributed by atoms with Crippen LogP contribution in [0.25, 0.3) is 0 Å². The third-order valence-corrected chi connectivity index (χ3v) is 8.76. The molecule has 0 aromatic heterocycles. The standard InChI is InChI=1S/C24H31NO3/c1-15-7-8-20-18(14-25-12-10-16-5-3-4-6-17(16)13-25)21(26)27-24(20)19(15)9-11-23(2)22(24)28-23/h3-6,15,18-20,22H,7-14H2,1-2H3/t15-,18+,19+,20+,22-,23-,24-/m1/s1. The van der Waals surface area contributed by atoms with E-state index in [4.69, 9.17) is 9.47 Å². The van der Waals surface area contributed by atoms with E-state index in [2.05, 4.69) is 43.0 Å². The van der Waals surface area contributed by atoms with Gasteiger partial charge in [-0.2, -0.15) is 0 Å². The van der Waals surface area contributed by atoms with Gasteiger partial charge in [-0.15, -0.1) is 0 Å². The van der Waals surface area contributed by atoms with Crippen molar-refractivity contribution >= 4 is 5.97 Å². The monoisotopic (exact) mass is 381 g/mol. The normalized spacial score (nSPS) is 46.8. The van der Waals surface area contributed by atoms with Gasteiger partial charge in [-0.1, -0.05) is 31.2 Å². The molecule has 2 saturated heterocycles. The molecule has 0 radical (unpaired) electrons. The molecule has 0 N–H and O–H groups in total. The Labute approximate surface area is 167 Å². The fraction of sp³-hybridized carbons (Fsp3) is 0.708. The molecule has 0 bridgehead atoms. The molecule has 5 aliphatic rings. The van der Waals surface area contributed by atoms with Gasteiger partial charge in [0.25, 0.3) is 0 Å². The molecular weight excluding hydrogens is 350 g/mol. The van der Waals surface area contributed by atoms with Gasteiger partial charge in [0.1, 0.15) is 11.7 Å². The number of fused-ring (bicyclic) bond motifs is 2. The van der Waals surface area contributed by atoms with Crippen molar-refractivity contribution in [3.05, 3.63) is 35.4 Å². The fourth-order valence-electron chi connectivity index (χ4n) is 7.25. The molecule has 4 heteroatoms. The molecule has 4 fully saturated rings. The molecule has 7 atom stereocenters. The summed E-state index contributed by atoms with van der Waals surface area (Å²) >= 11 is 0. The second kappa shape index (κ2) is 5.82. The average Bonchev–Trinajstić information content (AvgIpc) is 3.32. The Morgan fingerprint density at radius 1 is 1.14 bits per heavy atom. The quantitative estimate of drug-likeness (QED) is 0.580. The van der Waals surface area contributed by atoms with E-state index in [9.17, 15) is 4.79 Å². The summed E-state index contributed by atoms with van der Waals surface area (Å²) in [5.74, 6) is 1.47. The van der Waals surface area contributed by atoms with Crippen LogP contribution < -0.4 is 0 Å². The molecule has 2 saturated carbocycles. The number of hydrogen-bond donors (Lipinski definition) is 0. The molecule has 6 rings (SSSR count). The Morgan fingerprint density at radius 2 is 1.96 bits per heavy atom. The lowest BCUT2D eigenvalue weighted by Gasteiger charge is -2.50. The van der Waals surface area contributed by atoms with E-state index in [1.165, 1.54) is 17.5 Å². The lowest BCUT2D eigenvalue weighted by molar-refractivity contribution is -0.168. The highest BCUT2D eigenvalue weighted by atomic mass is 16.7. The highest BCUT2D eigenvalue weighted by molar-refractivity contribution is 5.77. The summed E-state index contributed by atoms with van der Waals surface area (Å²) in [4.78, 5) is 15.7. The number of carbonyl (C=O) groups excluding carboxylic acids is 1. The first-order chi connectivity index (χ1) is 13.5. The predicted octanol–water partition coefficient (Wildman–Crippen LogP) is 3.57. The summed E-state index contributed by atoms with van der Waals surface area (Å²) in [5, 5.41) is 0. The van der Waals surface area contributed by atoms with Gasteiger partial charge in [0.15, 0.2) is 0 Å². The first-order valence-electron chi connectivity index (χ1n) is 11.2. The minimum absolute atomic E-state index is 0.00631. The summed E-state index contributed by atoms with van der Waals surface area (Å²) in [6, 6.07) is 8.73. The SMILES string of the molecule is C[C@@H]1CC[C@H]2[C@H](CN3CCc4ccccc4C3)C(=O)O[C@]23[C@H]1CC[C@@]1(C)O[C@@H]31. The summed E-state index contributed by atoms with van der Waals surface area (Å²) < 4.78 is 12.6. The van der Waals surface area contributed by atoms with Gasteiger partial charge in [0, 0.05) is 31.5 Å². The van der Waals surface area contributed by atoms with Gasteiger partial charge in [0.05, 0.1) is 11.5 Å². The summed E-state index contributed by atoms with van der Waals surface area (Å²) in [6.45, 7) is 7.41. The van der Waals surface area contributed by atoms with Crippen LogP contribution in [-0.2, 0) is 27.2 Å². The van der Waals surface area contributed by atoms with E-state index in [-0.39, 0.29) is 29.2 Å². The Balaban J connectivity index is 1.28. The Morgan fingerprint density at radius 3 is 2.82 bits per heavy atom. The van der Waals surface area contributed by atoms with E-state index in [1.54, 1.807) is 0 Å². The number of nitrogens with zero attached hydrogens (tertiary/aromatic N) is 1. The van der Waals surface area contributed by atoms with Crippen molar-refractivity contribution in [3.63, 3.8) is 0 Å². The van der Waals surface area contributed by atoms with Crippen molar-refractivity contribution in [3.8, 4) is 0 Å². The highest BCUT2D eigenvalue weighted by Gasteiger charge is 2.77. The van der Waals surface area contributed by atoms with Crippen LogP contribution in [0.15, 0.2) is 24.3 Å². The van der Waals surface area contributed by atoms with Crippen molar-refractivity contribution in [1.82, 2.24) is 4.90 Å². The molecule has 1 aromatic carbocycles. The first-order valence-corrected chi connectivity index (χ1v) is 11.2. The largest absolute Gasteiger partial charge is 0.455 e. The van der Waals surface area contributed by atoms with Gasteiger partial charge in [-0.25, -0.2) is 0 Å². The first kappa shape index (κ1) is 17.5. The molecular formula is C24H31NO3.